The van der Waals surface area contributed by atoms with Gasteiger partial charge in [-0.3, -0.25) is 0 Å². The van der Waals surface area contributed by atoms with Crippen molar-refractivity contribution in [1.29, 1.82) is 0 Å². The maximum Gasteiger partial charge on any atom is 0.0693 e. The molecule has 0 aromatic rings. The van der Waals surface area contributed by atoms with Gasteiger partial charge in [-0.15, -0.1) is 0 Å². The second-order valence-electron chi connectivity index (χ2n) is 4.58. The number of ether oxygens (including phenoxy) is 1. The van der Waals surface area contributed by atoms with E-state index in [4.69, 9.17) is 4.74 Å². The van der Waals surface area contributed by atoms with E-state index in [1.165, 1.54) is 19.3 Å². The first-order valence-electron chi connectivity index (χ1n) is 5.85. The maximum absolute atomic E-state index is 9.59. The first-order chi connectivity index (χ1) is 6.86. The molecule has 82 valence electrons. The Balaban J connectivity index is 1.57. The Bertz CT molecular complexity index is 169. The summed E-state index contributed by atoms with van der Waals surface area (Å²) in [7, 11) is 0. The van der Waals surface area contributed by atoms with E-state index < -0.39 is 0 Å². The minimum atomic E-state index is -0.102. The molecular formula is C11H21NO2. The van der Waals surface area contributed by atoms with Gasteiger partial charge in [-0.05, 0) is 44.6 Å². The molecule has 0 spiro atoms. The number of hydrogen-bond acceptors (Lipinski definition) is 3. The van der Waals surface area contributed by atoms with Crippen LogP contribution in [-0.2, 0) is 4.74 Å². The summed E-state index contributed by atoms with van der Waals surface area (Å²) in [6.45, 7) is 2.92. The lowest BCUT2D eigenvalue weighted by atomic mass is 10.0. The third kappa shape index (κ3) is 2.69. The highest BCUT2D eigenvalue weighted by atomic mass is 16.5. The standard InChI is InChI=1S/C11H21NO2/c13-11-3-1-2-10(11)12-6-4-9-5-7-14-8-9/h9-13H,1-8H2/t9?,10-,11-/m0/s1. The molecule has 0 radical (unpaired) electrons. The molecule has 1 heterocycles. The second-order valence-corrected chi connectivity index (χ2v) is 4.58. The number of rotatable bonds is 4. The molecule has 0 aromatic heterocycles. The number of nitrogens with one attached hydrogen (secondary N) is 1. The monoisotopic (exact) mass is 199 g/mol. The van der Waals surface area contributed by atoms with Crippen LogP contribution in [0.1, 0.15) is 32.1 Å². The Hall–Kier alpha value is -0.120. The molecule has 1 aliphatic heterocycles. The van der Waals surface area contributed by atoms with Crippen LogP contribution in [0.3, 0.4) is 0 Å². The van der Waals surface area contributed by atoms with E-state index in [0.29, 0.717) is 6.04 Å². The van der Waals surface area contributed by atoms with Gasteiger partial charge >= 0.3 is 0 Å². The Kier molecular flexibility index (Phi) is 3.79. The Morgan fingerprint density at radius 1 is 1.29 bits per heavy atom. The Morgan fingerprint density at radius 3 is 2.86 bits per heavy atom. The predicted molar refractivity (Wildman–Crippen MR) is 55.2 cm³/mol. The van der Waals surface area contributed by atoms with Crippen molar-refractivity contribution in [3.05, 3.63) is 0 Å². The van der Waals surface area contributed by atoms with Crippen molar-refractivity contribution in [2.24, 2.45) is 5.92 Å². The summed E-state index contributed by atoms with van der Waals surface area (Å²) in [6, 6.07) is 0.359. The summed E-state index contributed by atoms with van der Waals surface area (Å²) in [4.78, 5) is 0. The van der Waals surface area contributed by atoms with Crippen LogP contribution in [0.25, 0.3) is 0 Å². The average Bonchev–Trinajstić information content (AvgIpc) is 2.78. The van der Waals surface area contributed by atoms with Crippen LogP contribution in [0, 0.1) is 5.92 Å². The molecule has 1 unspecified atom stereocenters. The molecule has 0 bridgehead atoms. The molecule has 2 fully saturated rings. The van der Waals surface area contributed by atoms with Crippen LogP contribution in [0.2, 0.25) is 0 Å². The van der Waals surface area contributed by atoms with E-state index in [2.05, 4.69) is 5.32 Å². The zero-order valence-corrected chi connectivity index (χ0v) is 8.74. The summed E-state index contributed by atoms with van der Waals surface area (Å²) < 4.78 is 5.32. The fourth-order valence-electron chi connectivity index (χ4n) is 2.46. The second kappa shape index (κ2) is 5.10. The third-order valence-electron chi connectivity index (χ3n) is 3.46. The molecule has 3 atom stereocenters. The van der Waals surface area contributed by atoms with Crippen LogP contribution in [0.5, 0.6) is 0 Å². The third-order valence-corrected chi connectivity index (χ3v) is 3.46. The first kappa shape index (κ1) is 10.4. The molecule has 0 amide bonds. The van der Waals surface area contributed by atoms with Crippen LogP contribution in [0.15, 0.2) is 0 Å². The maximum atomic E-state index is 9.59. The topological polar surface area (TPSA) is 41.5 Å². The van der Waals surface area contributed by atoms with Gasteiger partial charge in [-0.25, -0.2) is 0 Å². The minimum absolute atomic E-state index is 0.102. The van der Waals surface area contributed by atoms with Crippen molar-refractivity contribution in [1.82, 2.24) is 5.32 Å². The van der Waals surface area contributed by atoms with E-state index in [1.807, 2.05) is 0 Å². The molecule has 2 rings (SSSR count). The molecule has 2 aliphatic rings. The van der Waals surface area contributed by atoms with E-state index in [9.17, 15) is 5.11 Å². The Labute approximate surface area is 85.8 Å². The van der Waals surface area contributed by atoms with Crippen molar-refractivity contribution >= 4 is 0 Å². The van der Waals surface area contributed by atoms with Crippen LogP contribution < -0.4 is 5.32 Å². The number of aliphatic hydroxyl groups is 1. The van der Waals surface area contributed by atoms with Crippen molar-refractivity contribution in [3.63, 3.8) is 0 Å². The van der Waals surface area contributed by atoms with Crippen molar-refractivity contribution < 1.29 is 9.84 Å². The summed E-state index contributed by atoms with van der Waals surface area (Å²) in [5.41, 5.74) is 0. The van der Waals surface area contributed by atoms with E-state index in [-0.39, 0.29) is 6.10 Å². The van der Waals surface area contributed by atoms with Crippen LogP contribution >= 0.6 is 0 Å². The van der Waals surface area contributed by atoms with Crippen LogP contribution in [0.4, 0.5) is 0 Å². The van der Waals surface area contributed by atoms with E-state index in [1.54, 1.807) is 0 Å². The SMILES string of the molecule is O[C@H]1CCC[C@@H]1NCCC1CCOC1. The smallest absolute Gasteiger partial charge is 0.0693 e. The fourth-order valence-corrected chi connectivity index (χ4v) is 2.46. The highest BCUT2D eigenvalue weighted by Gasteiger charge is 2.24. The lowest BCUT2D eigenvalue weighted by molar-refractivity contribution is 0.147. The van der Waals surface area contributed by atoms with Gasteiger partial charge in [0.05, 0.1) is 6.10 Å². The van der Waals surface area contributed by atoms with Gasteiger partial charge in [-0.2, -0.15) is 0 Å². The van der Waals surface area contributed by atoms with Crippen molar-refractivity contribution in [2.45, 2.75) is 44.2 Å². The zero-order chi connectivity index (χ0) is 9.80. The fraction of sp³-hybridized carbons (Fsp3) is 1.00. The quantitative estimate of drug-likeness (QED) is 0.707. The first-order valence-corrected chi connectivity index (χ1v) is 5.85. The summed E-state index contributed by atoms with van der Waals surface area (Å²) in [6.07, 6.45) is 5.60. The van der Waals surface area contributed by atoms with Crippen molar-refractivity contribution in [3.8, 4) is 0 Å². The van der Waals surface area contributed by atoms with Gasteiger partial charge in [0.15, 0.2) is 0 Å². The molecule has 3 heteroatoms. The molecule has 1 saturated heterocycles. The van der Waals surface area contributed by atoms with Crippen LogP contribution in [-0.4, -0.2) is 37.0 Å². The van der Waals surface area contributed by atoms with Gasteiger partial charge in [0.25, 0.3) is 0 Å². The van der Waals surface area contributed by atoms with Gasteiger partial charge < -0.3 is 15.2 Å². The van der Waals surface area contributed by atoms with Gasteiger partial charge in [0.1, 0.15) is 0 Å². The lowest BCUT2D eigenvalue weighted by Crippen LogP contribution is -2.36. The molecule has 3 nitrogen and oxygen atoms in total. The van der Waals surface area contributed by atoms with Crippen molar-refractivity contribution in [2.75, 3.05) is 19.8 Å². The minimum Gasteiger partial charge on any atom is -0.392 e. The van der Waals surface area contributed by atoms with Gasteiger partial charge in [0, 0.05) is 19.3 Å². The molecule has 1 saturated carbocycles. The average molecular weight is 199 g/mol. The summed E-state index contributed by atoms with van der Waals surface area (Å²) >= 11 is 0. The van der Waals surface area contributed by atoms with Gasteiger partial charge in [0.2, 0.25) is 0 Å². The summed E-state index contributed by atoms with van der Waals surface area (Å²) in [5, 5.41) is 13.0. The summed E-state index contributed by atoms with van der Waals surface area (Å²) in [5.74, 6) is 0.751. The highest BCUT2D eigenvalue weighted by Crippen LogP contribution is 2.20. The van der Waals surface area contributed by atoms with E-state index >= 15 is 0 Å². The molecule has 2 N–H and O–H groups in total. The zero-order valence-electron chi connectivity index (χ0n) is 8.74. The Morgan fingerprint density at radius 2 is 2.21 bits per heavy atom. The number of hydrogen-bond donors (Lipinski definition) is 2. The van der Waals surface area contributed by atoms with E-state index in [0.717, 1.165) is 38.5 Å². The largest absolute Gasteiger partial charge is 0.392 e. The normalized spacial score (nSPS) is 37.9. The predicted octanol–water partition coefficient (Wildman–Crippen LogP) is 0.916. The molecular weight excluding hydrogens is 178 g/mol. The molecule has 1 aliphatic carbocycles. The van der Waals surface area contributed by atoms with Gasteiger partial charge in [-0.1, -0.05) is 0 Å². The lowest BCUT2D eigenvalue weighted by Gasteiger charge is -2.17. The molecule has 0 aromatic carbocycles. The highest BCUT2D eigenvalue weighted by molar-refractivity contribution is 4.82. The number of aliphatic hydroxyl groups excluding tert-OH is 1. The molecule has 14 heavy (non-hydrogen) atoms.